The Bertz CT molecular complexity index is 667. The lowest BCUT2D eigenvalue weighted by molar-refractivity contribution is -0.145. The molecule has 0 saturated carbocycles. The van der Waals surface area contributed by atoms with Crippen LogP contribution in [0.5, 0.6) is 0 Å². The molecule has 2 aliphatic rings. The van der Waals surface area contributed by atoms with Gasteiger partial charge in [-0.05, 0) is 25.0 Å². The van der Waals surface area contributed by atoms with Crippen molar-refractivity contribution in [3.63, 3.8) is 0 Å². The summed E-state index contributed by atoms with van der Waals surface area (Å²) in [4.78, 5) is 38.4. The van der Waals surface area contributed by atoms with Crippen LogP contribution in [0.25, 0.3) is 0 Å². The van der Waals surface area contributed by atoms with Crippen molar-refractivity contribution in [3.8, 4) is 0 Å². The Morgan fingerprint density at radius 2 is 1.88 bits per heavy atom. The number of nitrogens with one attached hydrogen (secondary N) is 2. The quantitative estimate of drug-likeness (QED) is 0.757. The van der Waals surface area contributed by atoms with Crippen LogP contribution >= 0.6 is 0 Å². The molecule has 140 valence electrons. The predicted molar refractivity (Wildman–Crippen MR) is 93.8 cm³/mol. The number of morpholine rings is 1. The molecule has 1 unspecified atom stereocenters. The van der Waals surface area contributed by atoms with Gasteiger partial charge in [0.1, 0.15) is 0 Å². The summed E-state index contributed by atoms with van der Waals surface area (Å²) in [6, 6.07) is 6.62. The Hall–Kier alpha value is -2.45. The molecule has 3 amide bonds. The van der Waals surface area contributed by atoms with Gasteiger partial charge in [-0.2, -0.15) is 0 Å². The molecule has 2 saturated heterocycles. The normalized spacial score (nSPS) is 19.8. The van der Waals surface area contributed by atoms with Crippen LogP contribution in [0.3, 0.4) is 0 Å². The van der Waals surface area contributed by atoms with Crippen molar-refractivity contribution in [3.05, 3.63) is 29.8 Å². The summed E-state index contributed by atoms with van der Waals surface area (Å²) in [7, 11) is 0. The minimum absolute atomic E-state index is 0.0311. The number of hydrogen-bond donors (Lipinski definition) is 2. The maximum atomic E-state index is 12.4. The first-order valence-electron chi connectivity index (χ1n) is 8.82. The summed E-state index contributed by atoms with van der Waals surface area (Å²) in [6.45, 7) is 2.75. The van der Waals surface area contributed by atoms with Crippen LogP contribution in [0.2, 0.25) is 0 Å². The molecule has 0 aliphatic carbocycles. The van der Waals surface area contributed by atoms with Gasteiger partial charge < -0.3 is 25.0 Å². The number of rotatable bonds is 4. The zero-order valence-corrected chi connectivity index (χ0v) is 14.5. The lowest BCUT2D eigenvalue weighted by atomic mass is 10.1. The van der Waals surface area contributed by atoms with Gasteiger partial charge in [0.15, 0.2) is 0 Å². The third-order valence-corrected chi connectivity index (χ3v) is 4.43. The average Bonchev–Trinajstić information content (AvgIpc) is 3.20. The molecule has 2 aliphatic heterocycles. The average molecular weight is 361 g/mol. The molecule has 2 N–H and O–H groups in total. The van der Waals surface area contributed by atoms with E-state index in [0.29, 0.717) is 44.1 Å². The van der Waals surface area contributed by atoms with Gasteiger partial charge in [0.2, 0.25) is 0 Å². The number of para-hydroxylation sites is 1. The summed E-state index contributed by atoms with van der Waals surface area (Å²) >= 11 is 0. The van der Waals surface area contributed by atoms with Crippen molar-refractivity contribution in [1.82, 2.24) is 10.2 Å². The number of nitrogens with zero attached hydrogens (tertiary/aromatic N) is 1. The van der Waals surface area contributed by atoms with E-state index in [0.717, 1.165) is 19.4 Å². The SMILES string of the molecule is O=C(Nc1ccccc1C(=O)NCC1CCCO1)C(=O)N1CCOCC1. The lowest BCUT2D eigenvalue weighted by Gasteiger charge is -2.26. The zero-order chi connectivity index (χ0) is 18.4. The maximum Gasteiger partial charge on any atom is 0.313 e. The van der Waals surface area contributed by atoms with E-state index in [2.05, 4.69) is 10.6 Å². The highest BCUT2D eigenvalue weighted by atomic mass is 16.5. The second-order valence-electron chi connectivity index (χ2n) is 6.25. The van der Waals surface area contributed by atoms with Crippen molar-refractivity contribution in [2.75, 3.05) is 44.8 Å². The summed E-state index contributed by atoms with van der Waals surface area (Å²) in [5, 5.41) is 5.37. The second kappa shape index (κ2) is 8.77. The largest absolute Gasteiger partial charge is 0.378 e. The van der Waals surface area contributed by atoms with Crippen LogP contribution < -0.4 is 10.6 Å². The fourth-order valence-electron chi connectivity index (χ4n) is 2.98. The number of ether oxygens (including phenoxy) is 2. The van der Waals surface area contributed by atoms with E-state index in [1.54, 1.807) is 24.3 Å². The lowest BCUT2D eigenvalue weighted by Crippen LogP contribution is -2.46. The molecule has 1 aromatic rings. The molecule has 1 aromatic carbocycles. The van der Waals surface area contributed by atoms with E-state index >= 15 is 0 Å². The van der Waals surface area contributed by atoms with E-state index < -0.39 is 11.8 Å². The topological polar surface area (TPSA) is 97.0 Å². The first kappa shape index (κ1) is 18.3. The number of amides is 3. The van der Waals surface area contributed by atoms with Crippen molar-refractivity contribution in [2.45, 2.75) is 18.9 Å². The fraction of sp³-hybridized carbons (Fsp3) is 0.500. The Morgan fingerprint density at radius 1 is 1.12 bits per heavy atom. The van der Waals surface area contributed by atoms with E-state index in [1.165, 1.54) is 4.90 Å². The van der Waals surface area contributed by atoms with Gasteiger partial charge in [-0.3, -0.25) is 14.4 Å². The first-order chi connectivity index (χ1) is 12.6. The highest BCUT2D eigenvalue weighted by Gasteiger charge is 2.25. The van der Waals surface area contributed by atoms with Crippen molar-refractivity contribution >= 4 is 23.4 Å². The smallest absolute Gasteiger partial charge is 0.313 e. The molecule has 8 nitrogen and oxygen atoms in total. The predicted octanol–water partition coefficient (Wildman–Crippen LogP) is 0.393. The van der Waals surface area contributed by atoms with Gasteiger partial charge in [-0.1, -0.05) is 12.1 Å². The number of carbonyl (C=O) groups excluding carboxylic acids is 3. The monoisotopic (exact) mass is 361 g/mol. The molecule has 3 rings (SSSR count). The van der Waals surface area contributed by atoms with Crippen LogP contribution in [0.4, 0.5) is 5.69 Å². The minimum Gasteiger partial charge on any atom is -0.378 e. The Balaban J connectivity index is 1.61. The molecule has 0 bridgehead atoms. The van der Waals surface area contributed by atoms with Gasteiger partial charge in [0, 0.05) is 26.2 Å². The molecule has 8 heteroatoms. The Labute approximate surface area is 151 Å². The molecule has 0 radical (unpaired) electrons. The van der Waals surface area contributed by atoms with Crippen LogP contribution in [0, 0.1) is 0 Å². The third kappa shape index (κ3) is 4.59. The highest BCUT2D eigenvalue weighted by Crippen LogP contribution is 2.16. The van der Waals surface area contributed by atoms with Crippen molar-refractivity contribution < 1.29 is 23.9 Å². The molecule has 1 atom stereocenters. The van der Waals surface area contributed by atoms with Crippen molar-refractivity contribution in [2.24, 2.45) is 0 Å². The van der Waals surface area contributed by atoms with E-state index in [-0.39, 0.29) is 12.0 Å². The molecule has 0 aromatic heterocycles. The summed E-state index contributed by atoms with van der Waals surface area (Å²) in [5.74, 6) is -1.69. The molecular formula is C18H23N3O5. The molecule has 2 fully saturated rings. The summed E-state index contributed by atoms with van der Waals surface area (Å²) in [5.41, 5.74) is 0.623. The number of hydrogen-bond acceptors (Lipinski definition) is 5. The van der Waals surface area contributed by atoms with Crippen molar-refractivity contribution in [1.29, 1.82) is 0 Å². The van der Waals surface area contributed by atoms with Gasteiger partial charge in [0.05, 0.1) is 30.6 Å². The van der Waals surface area contributed by atoms with Crippen LogP contribution in [0.1, 0.15) is 23.2 Å². The molecule has 0 spiro atoms. The molecule has 26 heavy (non-hydrogen) atoms. The zero-order valence-electron chi connectivity index (χ0n) is 14.5. The van der Waals surface area contributed by atoms with Gasteiger partial charge in [-0.25, -0.2) is 0 Å². The molecular weight excluding hydrogens is 338 g/mol. The third-order valence-electron chi connectivity index (χ3n) is 4.43. The van der Waals surface area contributed by atoms with Gasteiger partial charge in [0.25, 0.3) is 5.91 Å². The van der Waals surface area contributed by atoms with Crippen LogP contribution in [-0.2, 0) is 19.1 Å². The fourth-order valence-corrected chi connectivity index (χ4v) is 2.98. The van der Waals surface area contributed by atoms with E-state index in [4.69, 9.17) is 9.47 Å². The number of benzene rings is 1. The number of carbonyl (C=O) groups is 3. The maximum absolute atomic E-state index is 12.4. The summed E-state index contributed by atoms with van der Waals surface area (Å²) in [6.07, 6.45) is 1.95. The summed E-state index contributed by atoms with van der Waals surface area (Å²) < 4.78 is 10.7. The van der Waals surface area contributed by atoms with Gasteiger partial charge >= 0.3 is 11.8 Å². The first-order valence-corrected chi connectivity index (χ1v) is 8.82. The van der Waals surface area contributed by atoms with Crippen LogP contribution in [0.15, 0.2) is 24.3 Å². The Kier molecular flexibility index (Phi) is 6.19. The second-order valence-corrected chi connectivity index (χ2v) is 6.25. The van der Waals surface area contributed by atoms with Crippen LogP contribution in [-0.4, -0.2) is 68.2 Å². The molecule has 2 heterocycles. The minimum atomic E-state index is -0.758. The highest BCUT2D eigenvalue weighted by molar-refractivity contribution is 6.39. The van der Waals surface area contributed by atoms with E-state index in [1.807, 2.05) is 0 Å². The number of anilines is 1. The Morgan fingerprint density at radius 3 is 2.62 bits per heavy atom. The standard InChI is InChI=1S/C18H23N3O5/c22-16(19-12-13-4-3-9-26-13)14-5-1-2-6-15(14)20-17(23)18(24)21-7-10-25-11-8-21/h1-2,5-6,13H,3-4,7-12H2,(H,19,22)(H,20,23). The van der Waals surface area contributed by atoms with Gasteiger partial charge in [-0.15, -0.1) is 0 Å². The van der Waals surface area contributed by atoms with E-state index in [9.17, 15) is 14.4 Å².